The summed E-state index contributed by atoms with van der Waals surface area (Å²) in [5.74, 6) is -6.60. The van der Waals surface area contributed by atoms with E-state index < -0.39 is 34.8 Å². The minimum Gasteiger partial charge on any atom is -0.478 e. The molecular weight excluding hydrogens is 300 g/mol. The number of hydrogen-bond acceptors (Lipinski definition) is 1. The van der Waals surface area contributed by atoms with E-state index in [0.29, 0.717) is 17.2 Å². The van der Waals surface area contributed by atoms with Crippen molar-refractivity contribution < 1.29 is 27.5 Å². The van der Waals surface area contributed by atoms with E-state index in [9.17, 15) is 22.4 Å². The normalized spacial score (nSPS) is 11.6. The number of carboxylic acids is 1. The van der Waals surface area contributed by atoms with Crippen molar-refractivity contribution >= 4 is 11.5 Å². The van der Waals surface area contributed by atoms with E-state index in [4.69, 9.17) is 5.11 Å². The standard InChI is InChI=1S/C16H10F4O2/c1-8(6-14(21)22)9-2-4-12(17)11(7-9)10-3-5-13(18)16(20)15(10)19/h2-7H,1H3,(H,21,22)/b8-6+. The highest BCUT2D eigenvalue weighted by molar-refractivity contribution is 5.90. The first-order valence-electron chi connectivity index (χ1n) is 6.16. The van der Waals surface area contributed by atoms with Crippen LogP contribution < -0.4 is 0 Å². The lowest BCUT2D eigenvalue weighted by Crippen LogP contribution is -1.97. The molecular formula is C16H10F4O2. The third kappa shape index (κ3) is 3.00. The van der Waals surface area contributed by atoms with Crippen molar-refractivity contribution in [3.8, 4) is 11.1 Å². The van der Waals surface area contributed by atoms with Crippen molar-refractivity contribution in [1.82, 2.24) is 0 Å². The van der Waals surface area contributed by atoms with E-state index in [2.05, 4.69) is 0 Å². The van der Waals surface area contributed by atoms with Gasteiger partial charge in [0.05, 0.1) is 0 Å². The van der Waals surface area contributed by atoms with Crippen LogP contribution in [0.15, 0.2) is 36.4 Å². The third-order valence-corrected chi connectivity index (χ3v) is 3.09. The molecule has 0 unspecified atom stereocenters. The fraction of sp³-hybridized carbons (Fsp3) is 0.0625. The number of carbonyl (C=O) groups is 1. The zero-order valence-electron chi connectivity index (χ0n) is 11.3. The second-order valence-corrected chi connectivity index (χ2v) is 4.58. The van der Waals surface area contributed by atoms with Crippen LogP contribution in [0.5, 0.6) is 0 Å². The summed E-state index contributed by atoms with van der Waals surface area (Å²) in [6.45, 7) is 1.48. The molecule has 6 heteroatoms. The quantitative estimate of drug-likeness (QED) is 0.518. The van der Waals surface area contributed by atoms with Crippen molar-refractivity contribution in [2.24, 2.45) is 0 Å². The molecule has 114 valence electrons. The molecule has 0 heterocycles. The Morgan fingerprint density at radius 1 is 0.955 bits per heavy atom. The van der Waals surface area contributed by atoms with Crippen molar-refractivity contribution in [2.75, 3.05) is 0 Å². The number of halogens is 4. The van der Waals surface area contributed by atoms with Crippen LogP contribution in [0.3, 0.4) is 0 Å². The maximum atomic E-state index is 13.9. The van der Waals surface area contributed by atoms with E-state index >= 15 is 0 Å². The summed E-state index contributed by atoms with van der Waals surface area (Å²) in [5, 5.41) is 8.70. The largest absolute Gasteiger partial charge is 0.478 e. The van der Waals surface area contributed by atoms with Crippen LogP contribution in [-0.4, -0.2) is 11.1 Å². The van der Waals surface area contributed by atoms with Crippen LogP contribution in [-0.2, 0) is 4.79 Å². The molecule has 0 atom stereocenters. The Kier molecular flexibility index (Phi) is 4.30. The maximum Gasteiger partial charge on any atom is 0.328 e. The third-order valence-electron chi connectivity index (χ3n) is 3.09. The highest BCUT2D eigenvalue weighted by Gasteiger charge is 2.17. The molecule has 0 aliphatic rings. The summed E-state index contributed by atoms with van der Waals surface area (Å²) < 4.78 is 53.9. The van der Waals surface area contributed by atoms with Crippen LogP contribution in [0.4, 0.5) is 17.6 Å². The molecule has 0 spiro atoms. The predicted octanol–water partition coefficient (Wildman–Crippen LogP) is 4.40. The lowest BCUT2D eigenvalue weighted by atomic mass is 9.98. The molecule has 0 aromatic heterocycles. The topological polar surface area (TPSA) is 37.3 Å². The number of aliphatic carboxylic acids is 1. The second kappa shape index (κ2) is 6.01. The highest BCUT2D eigenvalue weighted by atomic mass is 19.2. The first-order chi connectivity index (χ1) is 10.3. The van der Waals surface area contributed by atoms with E-state index in [-0.39, 0.29) is 5.56 Å². The van der Waals surface area contributed by atoms with Crippen LogP contribution in [0.25, 0.3) is 16.7 Å². The Morgan fingerprint density at radius 3 is 2.23 bits per heavy atom. The van der Waals surface area contributed by atoms with Gasteiger partial charge in [0, 0.05) is 17.2 Å². The molecule has 0 amide bonds. The van der Waals surface area contributed by atoms with Gasteiger partial charge in [-0.05, 0) is 42.3 Å². The molecule has 0 aliphatic heterocycles. The smallest absolute Gasteiger partial charge is 0.328 e. The van der Waals surface area contributed by atoms with Gasteiger partial charge in [-0.2, -0.15) is 0 Å². The molecule has 0 bridgehead atoms. The summed E-state index contributed by atoms with van der Waals surface area (Å²) in [4.78, 5) is 10.6. The van der Waals surface area contributed by atoms with E-state index in [1.54, 1.807) is 0 Å². The summed E-state index contributed by atoms with van der Waals surface area (Å²) in [5.41, 5.74) is -0.104. The van der Waals surface area contributed by atoms with E-state index in [1.165, 1.54) is 19.1 Å². The molecule has 2 rings (SSSR count). The molecule has 2 aromatic carbocycles. The molecule has 0 radical (unpaired) electrons. The van der Waals surface area contributed by atoms with Gasteiger partial charge < -0.3 is 5.11 Å². The van der Waals surface area contributed by atoms with Gasteiger partial charge in [-0.25, -0.2) is 22.4 Å². The lowest BCUT2D eigenvalue weighted by Gasteiger charge is -2.09. The van der Waals surface area contributed by atoms with Crippen molar-refractivity contribution in [3.63, 3.8) is 0 Å². The maximum absolute atomic E-state index is 13.9. The van der Waals surface area contributed by atoms with E-state index in [0.717, 1.165) is 18.2 Å². The zero-order chi connectivity index (χ0) is 16.4. The fourth-order valence-corrected chi connectivity index (χ4v) is 1.98. The van der Waals surface area contributed by atoms with Gasteiger partial charge in [0.2, 0.25) is 0 Å². The molecule has 0 fully saturated rings. The SMILES string of the molecule is C/C(=C\C(=O)O)c1ccc(F)c(-c2ccc(F)c(F)c2F)c1. The average molecular weight is 310 g/mol. The molecule has 1 N–H and O–H groups in total. The van der Waals surface area contributed by atoms with Crippen LogP contribution in [0.2, 0.25) is 0 Å². The highest BCUT2D eigenvalue weighted by Crippen LogP contribution is 2.30. The molecule has 0 saturated carbocycles. The Bertz CT molecular complexity index is 782. The van der Waals surface area contributed by atoms with Gasteiger partial charge in [-0.15, -0.1) is 0 Å². The minimum absolute atomic E-state index is 0.285. The van der Waals surface area contributed by atoms with Gasteiger partial charge >= 0.3 is 5.97 Å². The molecule has 22 heavy (non-hydrogen) atoms. The van der Waals surface area contributed by atoms with Crippen molar-refractivity contribution in [3.05, 3.63) is 65.2 Å². The Hall–Kier alpha value is -2.63. The summed E-state index contributed by atoms with van der Waals surface area (Å²) in [7, 11) is 0. The van der Waals surface area contributed by atoms with Gasteiger partial charge in [0.15, 0.2) is 17.5 Å². The average Bonchev–Trinajstić information content (AvgIpc) is 2.45. The first kappa shape index (κ1) is 15.8. The monoisotopic (exact) mass is 310 g/mol. The number of allylic oxidation sites excluding steroid dienone is 1. The number of rotatable bonds is 3. The van der Waals surface area contributed by atoms with Gasteiger partial charge in [-0.3, -0.25) is 0 Å². The van der Waals surface area contributed by atoms with Crippen molar-refractivity contribution in [2.45, 2.75) is 6.92 Å². The summed E-state index contributed by atoms with van der Waals surface area (Å²) in [6.07, 6.45) is 0.901. The summed E-state index contributed by atoms with van der Waals surface area (Å²) >= 11 is 0. The zero-order valence-corrected chi connectivity index (χ0v) is 11.3. The molecule has 2 nitrogen and oxygen atoms in total. The van der Waals surface area contributed by atoms with Crippen molar-refractivity contribution in [1.29, 1.82) is 0 Å². The summed E-state index contributed by atoms with van der Waals surface area (Å²) in [6, 6.07) is 5.11. The second-order valence-electron chi connectivity index (χ2n) is 4.58. The lowest BCUT2D eigenvalue weighted by molar-refractivity contribution is -0.131. The van der Waals surface area contributed by atoms with Gasteiger partial charge in [-0.1, -0.05) is 6.07 Å². The molecule has 0 saturated heterocycles. The van der Waals surface area contributed by atoms with Gasteiger partial charge in [0.1, 0.15) is 5.82 Å². The van der Waals surface area contributed by atoms with Gasteiger partial charge in [0.25, 0.3) is 0 Å². The fourth-order valence-electron chi connectivity index (χ4n) is 1.98. The number of hydrogen-bond donors (Lipinski definition) is 1. The minimum atomic E-state index is -1.69. The number of benzene rings is 2. The van der Waals surface area contributed by atoms with E-state index in [1.807, 2.05) is 0 Å². The Morgan fingerprint density at radius 2 is 1.59 bits per heavy atom. The first-order valence-corrected chi connectivity index (χ1v) is 6.16. The Labute approximate surface area is 123 Å². The van der Waals surface area contributed by atoms with Crippen LogP contribution in [0, 0.1) is 23.3 Å². The predicted molar refractivity (Wildman–Crippen MR) is 73.0 cm³/mol. The van der Waals surface area contributed by atoms with Crippen LogP contribution in [0.1, 0.15) is 12.5 Å². The number of carboxylic acid groups (broad SMARTS) is 1. The Balaban J connectivity index is 2.62. The molecule has 2 aromatic rings. The molecule has 0 aliphatic carbocycles. The van der Waals surface area contributed by atoms with Crippen LogP contribution >= 0.6 is 0 Å².